The molecule has 4 N–H and O–H groups in total. The molecule has 0 aliphatic heterocycles. The van der Waals surface area contributed by atoms with Crippen molar-refractivity contribution in [2.24, 2.45) is 0 Å². The normalized spacial score (nSPS) is 16.6. The molecule has 0 aliphatic carbocycles. The Morgan fingerprint density at radius 3 is 1.80 bits per heavy atom. The van der Waals surface area contributed by atoms with Crippen LogP contribution in [0.5, 0.6) is 0 Å². The maximum atomic E-state index is 10.2. The van der Waals surface area contributed by atoms with Gasteiger partial charge in [0.1, 0.15) is 0 Å². The van der Waals surface area contributed by atoms with Gasteiger partial charge in [-0.05, 0) is 32.1 Å². The first-order valence-electron chi connectivity index (χ1n) is 8.57. The lowest BCUT2D eigenvalue weighted by molar-refractivity contribution is -0.131. The number of aliphatic hydroxyl groups excluding tert-OH is 3. The lowest BCUT2D eigenvalue weighted by Gasteiger charge is -2.14. The van der Waals surface area contributed by atoms with E-state index >= 15 is 0 Å². The molecule has 0 radical (unpaired) electrons. The average Bonchev–Trinajstić information content (AvgIpc) is 2.59. The van der Waals surface area contributed by atoms with Gasteiger partial charge < -0.3 is 20.4 Å². The van der Waals surface area contributed by atoms with Crippen molar-refractivity contribution in [1.82, 2.24) is 0 Å². The molecule has 5 heteroatoms. The van der Waals surface area contributed by atoms with Gasteiger partial charge in [0, 0.05) is 6.08 Å². The third-order valence-electron chi connectivity index (χ3n) is 3.45. The van der Waals surface area contributed by atoms with Gasteiger partial charge in [0.15, 0.2) is 0 Å². The first kappa shape index (κ1) is 23.1. The number of carboxylic acid groups (broad SMARTS) is 1. The Kier molecular flexibility index (Phi) is 14.4. The maximum Gasteiger partial charge on any atom is 0.328 e. The second-order valence-electron chi connectivity index (χ2n) is 5.67. The van der Waals surface area contributed by atoms with Gasteiger partial charge in [0.25, 0.3) is 0 Å². The van der Waals surface area contributed by atoms with E-state index in [1.165, 1.54) is 6.08 Å². The van der Waals surface area contributed by atoms with E-state index in [-0.39, 0.29) is 6.10 Å². The van der Waals surface area contributed by atoms with Crippen LogP contribution in [0.2, 0.25) is 0 Å². The number of carboxylic acids is 1. The van der Waals surface area contributed by atoms with Gasteiger partial charge in [-0.2, -0.15) is 0 Å². The van der Waals surface area contributed by atoms with E-state index in [4.69, 9.17) is 5.11 Å². The molecular formula is C20H30O5. The number of aliphatic carboxylic acids is 1. The van der Waals surface area contributed by atoms with E-state index in [0.717, 1.165) is 6.08 Å². The quantitative estimate of drug-likeness (QED) is 0.302. The zero-order valence-corrected chi connectivity index (χ0v) is 14.7. The zero-order chi connectivity index (χ0) is 18.9. The van der Waals surface area contributed by atoms with Crippen molar-refractivity contribution in [3.63, 3.8) is 0 Å². The zero-order valence-electron chi connectivity index (χ0n) is 14.7. The second-order valence-corrected chi connectivity index (χ2v) is 5.67. The highest BCUT2D eigenvalue weighted by Gasteiger charge is 2.09. The molecule has 25 heavy (non-hydrogen) atoms. The standard InChI is InChI=1S/C20H30O5/c1-2-17(21)13-14-19(23)16-15-18(22)11-9-7-5-3-4-6-8-10-12-20(24)25/h3-12,17-19,21-23H,2,13-16H2,1H3,(H,24,25)/t17-,18+,19+/m1/s1. The van der Waals surface area contributed by atoms with Gasteiger partial charge in [-0.25, -0.2) is 4.79 Å². The second kappa shape index (κ2) is 15.6. The van der Waals surface area contributed by atoms with Crippen LogP contribution in [0.25, 0.3) is 0 Å². The van der Waals surface area contributed by atoms with Crippen LogP contribution in [0.15, 0.2) is 60.8 Å². The molecule has 0 aromatic rings. The summed E-state index contributed by atoms with van der Waals surface area (Å²) in [6, 6.07) is 0. The maximum absolute atomic E-state index is 10.2. The summed E-state index contributed by atoms with van der Waals surface area (Å²) in [5.41, 5.74) is 0. The first-order valence-corrected chi connectivity index (χ1v) is 8.57. The molecule has 0 aromatic heterocycles. The fraction of sp³-hybridized carbons (Fsp3) is 0.450. The predicted molar refractivity (Wildman–Crippen MR) is 100 cm³/mol. The summed E-state index contributed by atoms with van der Waals surface area (Å²) >= 11 is 0. The van der Waals surface area contributed by atoms with E-state index < -0.39 is 18.2 Å². The molecule has 0 aromatic carbocycles. The van der Waals surface area contributed by atoms with Crippen molar-refractivity contribution in [1.29, 1.82) is 0 Å². The minimum atomic E-state index is -0.983. The van der Waals surface area contributed by atoms with Crippen molar-refractivity contribution >= 4 is 5.97 Å². The monoisotopic (exact) mass is 350 g/mol. The first-order chi connectivity index (χ1) is 12.0. The summed E-state index contributed by atoms with van der Waals surface area (Å²) in [6.45, 7) is 1.90. The fourth-order valence-electron chi connectivity index (χ4n) is 1.91. The molecule has 0 fully saturated rings. The molecule has 0 unspecified atom stereocenters. The molecule has 140 valence electrons. The summed E-state index contributed by atoms with van der Waals surface area (Å²) in [5, 5.41) is 37.4. The molecule has 0 saturated carbocycles. The Morgan fingerprint density at radius 1 is 0.760 bits per heavy atom. The van der Waals surface area contributed by atoms with Gasteiger partial charge in [-0.1, -0.05) is 61.6 Å². The summed E-state index contributed by atoms with van der Waals surface area (Å²) in [7, 11) is 0. The lowest BCUT2D eigenvalue weighted by atomic mass is 10.0. The smallest absolute Gasteiger partial charge is 0.328 e. The summed E-state index contributed by atoms with van der Waals surface area (Å²) in [6.07, 6.45) is 17.6. The van der Waals surface area contributed by atoms with Crippen molar-refractivity contribution in [3.05, 3.63) is 60.8 Å². The fourth-order valence-corrected chi connectivity index (χ4v) is 1.91. The molecule has 0 rings (SSSR count). The van der Waals surface area contributed by atoms with Crippen LogP contribution < -0.4 is 0 Å². The highest BCUT2D eigenvalue weighted by atomic mass is 16.4. The third-order valence-corrected chi connectivity index (χ3v) is 3.45. The van der Waals surface area contributed by atoms with Crippen molar-refractivity contribution in [2.75, 3.05) is 0 Å². The molecule has 0 bridgehead atoms. The van der Waals surface area contributed by atoms with Gasteiger partial charge in [0.05, 0.1) is 18.3 Å². The van der Waals surface area contributed by atoms with Crippen LogP contribution in [-0.2, 0) is 4.79 Å². The van der Waals surface area contributed by atoms with Crippen LogP contribution >= 0.6 is 0 Å². The van der Waals surface area contributed by atoms with Crippen LogP contribution in [0.4, 0.5) is 0 Å². The number of rotatable bonds is 13. The Hall–Kier alpha value is -1.95. The summed E-state index contributed by atoms with van der Waals surface area (Å²) in [4.78, 5) is 10.2. The van der Waals surface area contributed by atoms with Gasteiger partial charge in [-0.3, -0.25) is 0 Å². The van der Waals surface area contributed by atoms with Crippen molar-refractivity contribution < 1.29 is 25.2 Å². The largest absolute Gasteiger partial charge is 0.478 e. The summed E-state index contributed by atoms with van der Waals surface area (Å²) < 4.78 is 0. The van der Waals surface area contributed by atoms with E-state index in [1.54, 1.807) is 48.6 Å². The molecule has 3 atom stereocenters. The Bertz CT molecular complexity index is 488. The van der Waals surface area contributed by atoms with Gasteiger partial charge in [0.2, 0.25) is 0 Å². The van der Waals surface area contributed by atoms with Crippen LogP contribution in [0.3, 0.4) is 0 Å². The van der Waals surface area contributed by atoms with Crippen LogP contribution in [0, 0.1) is 0 Å². The SMILES string of the molecule is CC[C@@H](O)CC[C@H](O)CC[C@@H](O)C=CC=CC=CC=CC=CC(=O)O. The Labute approximate surface area is 150 Å². The van der Waals surface area contributed by atoms with E-state index in [1.807, 2.05) is 6.92 Å². The number of hydrogen-bond acceptors (Lipinski definition) is 4. The molecule has 5 nitrogen and oxygen atoms in total. The number of carbonyl (C=O) groups is 1. The minimum absolute atomic E-state index is 0.360. The molecule has 0 spiro atoms. The third kappa shape index (κ3) is 16.7. The van der Waals surface area contributed by atoms with Crippen LogP contribution in [0.1, 0.15) is 39.0 Å². The predicted octanol–water partition coefficient (Wildman–Crippen LogP) is 2.91. The van der Waals surface area contributed by atoms with Crippen LogP contribution in [-0.4, -0.2) is 44.7 Å². The highest BCUT2D eigenvalue weighted by molar-refractivity contribution is 5.80. The molecule has 0 heterocycles. The lowest BCUT2D eigenvalue weighted by Crippen LogP contribution is -2.14. The highest BCUT2D eigenvalue weighted by Crippen LogP contribution is 2.11. The minimum Gasteiger partial charge on any atom is -0.478 e. The number of hydrogen-bond donors (Lipinski definition) is 4. The molecule has 0 amide bonds. The molecule has 0 saturated heterocycles. The average molecular weight is 350 g/mol. The summed E-state index contributed by atoms with van der Waals surface area (Å²) in [5.74, 6) is -0.983. The van der Waals surface area contributed by atoms with Crippen molar-refractivity contribution in [2.45, 2.75) is 57.3 Å². The number of allylic oxidation sites excluding steroid dienone is 8. The van der Waals surface area contributed by atoms with E-state index in [0.29, 0.717) is 32.1 Å². The van der Waals surface area contributed by atoms with Gasteiger partial charge in [-0.15, -0.1) is 0 Å². The number of aliphatic hydroxyl groups is 3. The van der Waals surface area contributed by atoms with E-state index in [9.17, 15) is 20.1 Å². The topological polar surface area (TPSA) is 98.0 Å². The van der Waals surface area contributed by atoms with Gasteiger partial charge >= 0.3 is 5.97 Å². The van der Waals surface area contributed by atoms with Crippen molar-refractivity contribution in [3.8, 4) is 0 Å². The Morgan fingerprint density at radius 2 is 1.24 bits per heavy atom. The Balaban J connectivity index is 3.91. The molecule has 0 aliphatic rings. The van der Waals surface area contributed by atoms with E-state index in [2.05, 4.69) is 0 Å². The molecular weight excluding hydrogens is 320 g/mol.